The van der Waals surface area contributed by atoms with E-state index in [9.17, 15) is 0 Å². The molecule has 0 spiro atoms. The van der Waals surface area contributed by atoms with Crippen molar-refractivity contribution in [1.29, 1.82) is 0 Å². The van der Waals surface area contributed by atoms with Gasteiger partial charge in [0.25, 0.3) is 0 Å². The zero-order valence-corrected chi connectivity index (χ0v) is 49.5. The molecule has 0 fully saturated rings. The van der Waals surface area contributed by atoms with Crippen LogP contribution in [-0.2, 0) is 0 Å². The minimum atomic E-state index is -1.55. The van der Waals surface area contributed by atoms with E-state index >= 15 is 0 Å². The molecule has 0 unspecified atom stereocenters. The molecule has 6 radical (unpaired) electrons. The van der Waals surface area contributed by atoms with E-state index in [0.29, 0.717) is 0 Å². The molecular weight excluding hydrogens is 922 g/mol. The van der Waals surface area contributed by atoms with Crippen LogP contribution in [0.2, 0.25) is 118 Å². The summed E-state index contributed by atoms with van der Waals surface area (Å²) in [6.07, 6.45) is 0. The Balaban J connectivity index is 0.000000489. The molecule has 0 N–H and O–H groups in total. The van der Waals surface area contributed by atoms with Gasteiger partial charge in [-0.15, -0.1) is 0 Å². The SMILES string of the molecule is C[Si](C)(C)/N=[C](/[Ge]/[C](=N/[Si](C)(C)C)c1ccccc1)c1ccccc1.C[Si](C)(C)/N=[C](/[Ge]/[C](=N/[Si](C)(C)C)c1ccccc1)c1ccccc1.C[Si](C)C.C[Si](C)C. The second-order valence-corrected chi connectivity index (χ2v) is 48.5. The Morgan fingerprint density at radius 1 is 0.310 bits per heavy atom. The zero-order chi connectivity index (χ0) is 44.2. The predicted molar refractivity (Wildman–Crippen MR) is 283 cm³/mol. The van der Waals surface area contributed by atoms with Crippen molar-refractivity contribution in [3.8, 4) is 0 Å². The zero-order valence-electron chi connectivity index (χ0n) is 39.3. The molecule has 0 atom stereocenters. The molecule has 4 aromatic carbocycles. The molecule has 310 valence electrons. The molecule has 58 heavy (non-hydrogen) atoms. The van der Waals surface area contributed by atoms with Crippen molar-refractivity contribution in [1.82, 2.24) is 0 Å². The van der Waals surface area contributed by atoms with Crippen molar-refractivity contribution in [3.63, 3.8) is 0 Å². The minimum absolute atomic E-state index is 0.120. The van der Waals surface area contributed by atoms with Crippen molar-refractivity contribution in [3.05, 3.63) is 144 Å². The summed E-state index contributed by atoms with van der Waals surface area (Å²) in [6.45, 7) is 41.3. The van der Waals surface area contributed by atoms with Crippen molar-refractivity contribution in [2.45, 2.75) is 118 Å². The van der Waals surface area contributed by atoms with Crippen LogP contribution in [0.1, 0.15) is 22.3 Å². The second kappa shape index (κ2) is 26.3. The van der Waals surface area contributed by atoms with E-state index in [4.69, 9.17) is 18.6 Å². The summed E-state index contributed by atoms with van der Waals surface area (Å²) in [5.41, 5.74) is 5.07. The van der Waals surface area contributed by atoms with Gasteiger partial charge in [0.15, 0.2) is 0 Å². The van der Waals surface area contributed by atoms with Crippen molar-refractivity contribution in [2.24, 2.45) is 18.6 Å². The molecule has 0 heterocycles. The number of benzene rings is 4. The van der Waals surface area contributed by atoms with E-state index in [0.717, 1.165) is 0 Å². The monoisotopic (exact) mass is 998 g/mol. The molecule has 0 saturated carbocycles. The maximum absolute atomic E-state index is 5.22. The molecule has 0 amide bonds. The van der Waals surface area contributed by atoms with Gasteiger partial charge in [-0.3, -0.25) is 0 Å². The average Bonchev–Trinajstić information content (AvgIpc) is 3.09. The Morgan fingerprint density at radius 2 is 0.448 bits per heavy atom. The van der Waals surface area contributed by atoms with Gasteiger partial charge in [-0.1, -0.05) is 39.3 Å². The average molecular weight is 997 g/mol. The first-order valence-corrected chi connectivity index (χ1v) is 44.4. The minimum Gasteiger partial charge on any atom is -0.0715 e. The van der Waals surface area contributed by atoms with E-state index in [2.05, 4.69) is 239 Å². The maximum Gasteiger partial charge on any atom is 0.0379 e. The number of hydrogen-bond acceptors (Lipinski definition) is 4. The summed E-state index contributed by atoms with van der Waals surface area (Å²) in [5, 5.41) is 0. The van der Waals surface area contributed by atoms with Gasteiger partial charge < -0.3 is 0 Å². The van der Waals surface area contributed by atoms with E-state index in [1.54, 1.807) is 0 Å². The summed E-state index contributed by atoms with van der Waals surface area (Å²) in [4.78, 5) is 0. The molecule has 4 aromatic rings. The number of nitrogens with zero attached hydrogens (tertiary/aromatic N) is 4. The van der Waals surface area contributed by atoms with Crippen molar-refractivity contribution >= 4 is 99.6 Å². The standard InChI is InChI=1S/2C20H28GeN2Si2.2C3H9Si/c2*1-24(2,3)22-19(17-13-9-7-10-14-17)21-20(23-25(4,5)6)18-15-11-8-12-16-18;2*1-4(2)3/h2*7-16H,1-6H3;2*1-3H3/b2*22-19+,23-20+;;. The maximum atomic E-state index is 5.22. The fourth-order valence-electron chi connectivity index (χ4n) is 4.61. The Hall–Kier alpha value is -2.05. The van der Waals surface area contributed by atoms with Crippen LogP contribution >= 0.6 is 0 Å². The van der Waals surface area contributed by atoms with Crippen LogP contribution in [0, 0.1) is 0 Å². The smallest absolute Gasteiger partial charge is 0.0379 e. The van der Waals surface area contributed by atoms with Gasteiger partial charge in [0, 0.05) is 17.6 Å². The van der Waals surface area contributed by atoms with Gasteiger partial charge in [0.05, 0.1) is 0 Å². The summed E-state index contributed by atoms with van der Waals surface area (Å²) in [6, 6.07) is 42.7. The molecule has 0 saturated heterocycles. The first-order chi connectivity index (χ1) is 26.7. The summed E-state index contributed by atoms with van der Waals surface area (Å²) < 4.78 is 26.0. The largest absolute Gasteiger partial charge is 0.0715 e. The van der Waals surface area contributed by atoms with Crippen molar-refractivity contribution in [2.75, 3.05) is 0 Å². The molecule has 0 aliphatic heterocycles. The molecular formula is C46H74Ge2N4Si6. The fourth-order valence-corrected chi connectivity index (χ4v) is 21.4. The third-order valence-corrected chi connectivity index (χ3v) is 17.3. The van der Waals surface area contributed by atoms with E-state index in [1.807, 2.05) is 0 Å². The molecule has 4 nitrogen and oxygen atoms in total. The van der Waals surface area contributed by atoms with E-state index < -0.39 is 63.8 Å². The van der Waals surface area contributed by atoms with E-state index in [1.165, 1.54) is 40.4 Å². The first-order valence-electron chi connectivity index (χ1n) is 20.4. The van der Waals surface area contributed by atoms with Crippen molar-refractivity contribution < 1.29 is 0 Å². The Kier molecular flexibility index (Phi) is 24.5. The van der Waals surface area contributed by atoms with Gasteiger partial charge in [0.2, 0.25) is 0 Å². The van der Waals surface area contributed by atoms with Crippen LogP contribution < -0.4 is 0 Å². The van der Waals surface area contributed by atoms with Crippen LogP contribution in [0.15, 0.2) is 140 Å². The molecule has 0 bridgehead atoms. The van der Waals surface area contributed by atoms with Gasteiger partial charge in [-0.2, -0.15) is 0 Å². The third-order valence-electron chi connectivity index (χ3n) is 6.45. The molecule has 0 aliphatic rings. The summed E-state index contributed by atoms with van der Waals surface area (Å²) in [5.74, 6) is 0. The Labute approximate surface area is 376 Å². The molecule has 0 aromatic heterocycles. The fraction of sp³-hybridized carbons (Fsp3) is 0.391. The van der Waals surface area contributed by atoms with E-state index in [-0.39, 0.29) is 17.6 Å². The Morgan fingerprint density at radius 3 is 0.569 bits per heavy atom. The summed E-state index contributed by atoms with van der Waals surface area (Å²) in [7, 11) is -5.98. The van der Waals surface area contributed by atoms with Crippen LogP contribution in [0.25, 0.3) is 0 Å². The molecule has 0 aliphatic carbocycles. The normalized spacial score (nSPS) is 13.2. The topological polar surface area (TPSA) is 49.4 Å². The van der Waals surface area contributed by atoms with Crippen LogP contribution in [0.3, 0.4) is 0 Å². The van der Waals surface area contributed by atoms with Crippen LogP contribution in [-0.4, -0.2) is 99.6 Å². The second-order valence-electron chi connectivity index (χ2n) is 19.2. The third kappa shape index (κ3) is 27.7. The number of hydrogen-bond donors (Lipinski definition) is 0. The van der Waals surface area contributed by atoms with Crippen LogP contribution in [0.5, 0.6) is 0 Å². The quantitative estimate of drug-likeness (QED) is 0.100. The van der Waals surface area contributed by atoms with Gasteiger partial charge in [-0.05, 0) is 0 Å². The van der Waals surface area contributed by atoms with Crippen LogP contribution in [0.4, 0.5) is 0 Å². The van der Waals surface area contributed by atoms with Gasteiger partial charge >= 0.3 is 323 Å². The molecule has 12 heteroatoms. The molecule has 4 rings (SSSR count). The first kappa shape index (κ1) is 54.0. The van der Waals surface area contributed by atoms with Gasteiger partial charge in [0.1, 0.15) is 0 Å². The summed E-state index contributed by atoms with van der Waals surface area (Å²) >= 11 is -1.19. The predicted octanol–water partition coefficient (Wildman–Crippen LogP) is 13.2. The Bertz CT molecular complexity index is 1580. The number of rotatable bonds is 12. The van der Waals surface area contributed by atoms with Gasteiger partial charge in [-0.25, -0.2) is 0 Å².